The van der Waals surface area contributed by atoms with Gasteiger partial charge in [-0.15, -0.1) is 11.3 Å². The normalized spacial score (nSPS) is 18.1. The van der Waals surface area contributed by atoms with Crippen LogP contribution in [0.15, 0.2) is 47.5 Å². The van der Waals surface area contributed by atoms with Crippen molar-refractivity contribution in [3.63, 3.8) is 0 Å². The first-order valence-corrected chi connectivity index (χ1v) is 11.0. The van der Waals surface area contributed by atoms with Gasteiger partial charge < -0.3 is 15.1 Å². The number of rotatable bonds is 6. The van der Waals surface area contributed by atoms with Crippen LogP contribution in [0.4, 0.5) is 11.4 Å². The molecule has 0 bridgehead atoms. The molecular formula is C22H26N4O2S. The van der Waals surface area contributed by atoms with Gasteiger partial charge >= 0.3 is 0 Å². The number of amides is 2. The third kappa shape index (κ3) is 3.80. The third-order valence-electron chi connectivity index (χ3n) is 5.57. The Labute approximate surface area is 175 Å². The maximum absolute atomic E-state index is 12.8. The molecule has 7 heteroatoms. The Kier molecular flexibility index (Phi) is 5.69. The second-order valence-corrected chi connectivity index (χ2v) is 8.12. The zero-order valence-corrected chi connectivity index (χ0v) is 17.7. The SMILES string of the molecule is CCN1CCN(c2ccc(NC3=C(c4cccs4)C(=O)N(CC)C3=O)cc2)CC1. The van der Waals surface area contributed by atoms with Crippen molar-refractivity contribution in [1.29, 1.82) is 0 Å². The maximum Gasteiger partial charge on any atom is 0.278 e. The van der Waals surface area contributed by atoms with Crippen molar-refractivity contribution >= 4 is 40.1 Å². The number of thiophene rings is 1. The van der Waals surface area contributed by atoms with Crippen molar-refractivity contribution in [3.05, 3.63) is 52.4 Å². The van der Waals surface area contributed by atoms with Gasteiger partial charge in [0.05, 0.1) is 5.57 Å². The molecule has 6 nitrogen and oxygen atoms in total. The molecule has 0 aliphatic carbocycles. The van der Waals surface area contributed by atoms with Gasteiger partial charge in [-0.3, -0.25) is 14.5 Å². The van der Waals surface area contributed by atoms with Crippen LogP contribution < -0.4 is 10.2 Å². The molecular weight excluding hydrogens is 384 g/mol. The highest BCUT2D eigenvalue weighted by Crippen LogP contribution is 2.33. The van der Waals surface area contributed by atoms with Crippen LogP contribution >= 0.6 is 11.3 Å². The number of benzene rings is 1. The van der Waals surface area contributed by atoms with Crippen molar-refractivity contribution in [1.82, 2.24) is 9.80 Å². The summed E-state index contributed by atoms with van der Waals surface area (Å²) >= 11 is 1.47. The summed E-state index contributed by atoms with van der Waals surface area (Å²) in [7, 11) is 0. The van der Waals surface area contributed by atoms with E-state index in [2.05, 4.69) is 34.2 Å². The fraction of sp³-hybridized carbons (Fsp3) is 0.364. The molecule has 0 atom stereocenters. The van der Waals surface area contributed by atoms with E-state index < -0.39 is 0 Å². The number of imide groups is 1. The third-order valence-corrected chi connectivity index (χ3v) is 6.46. The quantitative estimate of drug-likeness (QED) is 0.742. The van der Waals surface area contributed by atoms with Gasteiger partial charge in [-0.05, 0) is 49.2 Å². The first-order valence-electron chi connectivity index (χ1n) is 10.1. The smallest absolute Gasteiger partial charge is 0.278 e. The molecule has 29 heavy (non-hydrogen) atoms. The molecule has 2 aliphatic heterocycles. The van der Waals surface area contributed by atoms with E-state index in [1.54, 1.807) is 0 Å². The lowest BCUT2D eigenvalue weighted by Crippen LogP contribution is -2.46. The number of piperazine rings is 1. The Bertz CT molecular complexity index is 913. The van der Waals surface area contributed by atoms with E-state index >= 15 is 0 Å². The zero-order chi connectivity index (χ0) is 20.4. The zero-order valence-electron chi connectivity index (χ0n) is 16.9. The lowest BCUT2D eigenvalue weighted by atomic mass is 10.1. The van der Waals surface area contributed by atoms with Crippen molar-refractivity contribution in [2.24, 2.45) is 0 Å². The largest absolute Gasteiger partial charge is 0.369 e. The summed E-state index contributed by atoms with van der Waals surface area (Å²) in [6.45, 7) is 9.68. The number of hydrogen-bond acceptors (Lipinski definition) is 6. The lowest BCUT2D eigenvalue weighted by Gasteiger charge is -2.35. The molecule has 2 amide bonds. The minimum absolute atomic E-state index is 0.229. The van der Waals surface area contributed by atoms with E-state index in [4.69, 9.17) is 0 Å². The minimum Gasteiger partial charge on any atom is -0.369 e. The van der Waals surface area contributed by atoms with Crippen molar-refractivity contribution < 1.29 is 9.59 Å². The number of hydrogen-bond donors (Lipinski definition) is 1. The van der Waals surface area contributed by atoms with Crippen molar-refractivity contribution in [3.8, 4) is 0 Å². The Hall–Kier alpha value is -2.64. The molecule has 0 spiro atoms. The van der Waals surface area contributed by atoms with Gasteiger partial charge in [-0.25, -0.2) is 0 Å². The summed E-state index contributed by atoms with van der Waals surface area (Å²) in [5.41, 5.74) is 2.82. The van der Waals surface area contributed by atoms with Crippen molar-refractivity contribution in [2.75, 3.05) is 49.5 Å². The van der Waals surface area contributed by atoms with Gasteiger partial charge in [0.1, 0.15) is 5.70 Å². The molecule has 2 aliphatic rings. The summed E-state index contributed by atoms with van der Waals surface area (Å²) < 4.78 is 0. The monoisotopic (exact) mass is 410 g/mol. The van der Waals surface area contributed by atoms with Gasteiger partial charge in [0.2, 0.25) is 0 Å². The maximum atomic E-state index is 12.8. The van der Waals surface area contributed by atoms with Crippen LogP contribution in [0.3, 0.4) is 0 Å². The van der Waals surface area contributed by atoms with E-state index in [0.29, 0.717) is 17.8 Å². The average Bonchev–Trinajstić information content (AvgIpc) is 3.35. The Balaban J connectivity index is 1.54. The second kappa shape index (κ2) is 8.39. The molecule has 2 aromatic rings. The summed E-state index contributed by atoms with van der Waals surface area (Å²) in [4.78, 5) is 32.5. The minimum atomic E-state index is -0.263. The van der Waals surface area contributed by atoms with Crippen LogP contribution in [0.5, 0.6) is 0 Å². The number of nitrogens with one attached hydrogen (secondary N) is 1. The number of anilines is 2. The first-order chi connectivity index (χ1) is 14.1. The van der Waals surface area contributed by atoms with Crippen LogP contribution in [-0.4, -0.2) is 60.9 Å². The van der Waals surface area contributed by atoms with Gasteiger partial charge in [0.25, 0.3) is 11.8 Å². The number of nitrogens with zero attached hydrogens (tertiary/aromatic N) is 3. The van der Waals surface area contributed by atoms with E-state index in [0.717, 1.165) is 43.3 Å². The highest BCUT2D eigenvalue weighted by Gasteiger charge is 2.38. The molecule has 0 saturated carbocycles. The topological polar surface area (TPSA) is 55.9 Å². The van der Waals surface area contributed by atoms with Gasteiger partial charge in [-0.2, -0.15) is 0 Å². The molecule has 3 heterocycles. The van der Waals surface area contributed by atoms with E-state index in [9.17, 15) is 9.59 Å². The van der Waals surface area contributed by atoms with Gasteiger partial charge in [0.15, 0.2) is 0 Å². The highest BCUT2D eigenvalue weighted by atomic mass is 32.1. The summed E-state index contributed by atoms with van der Waals surface area (Å²) in [5.74, 6) is -0.492. The predicted octanol–water partition coefficient (Wildman–Crippen LogP) is 3.10. The summed E-state index contributed by atoms with van der Waals surface area (Å²) in [5, 5.41) is 5.13. The van der Waals surface area contributed by atoms with Crippen LogP contribution in [0.1, 0.15) is 18.7 Å². The molecule has 0 radical (unpaired) electrons. The van der Waals surface area contributed by atoms with E-state index in [-0.39, 0.29) is 11.8 Å². The predicted molar refractivity (Wildman–Crippen MR) is 118 cm³/mol. The molecule has 152 valence electrons. The van der Waals surface area contributed by atoms with Gasteiger partial charge in [-0.1, -0.05) is 13.0 Å². The van der Waals surface area contributed by atoms with Crippen LogP contribution in [0, 0.1) is 0 Å². The first kappa shape index (κ1) is 19.7. The molecule has 0 unspecified atom stereocenters. The van der Waals surface area contributed by atoms with E-state index in [1.807, 2.05) is 36.6 Å². The Morgan fingerprint density at radius 1 is 0.931 bits per heavy atom. The Morgan fingerprint density at radius 2 is 1.66 bits per heavy atom. The molecule has 1 N–H and O–H groups in total. The summed E-state index contributed by atoms with van der Waals surface area (Å²) in [6.07, 6.45) is 0. The van der Waals surface area contributed by atoms with E-state index in [1.165, 1.54) is 21.9 Å². The Morgan fingerprint density at radius 3 is 2.24 bits per heavy atom. The van der Waals surface area contributed by atoms with Crippen LogP contribution in [-0.2, 0) is 9.59 Å². The van der Waals surface area contributed by atoms with Gasteiger partial charge in [0, 0.05) is 49.0 Å². The second-order valence-electron chi connectivity index (χ2n) is 7.18. The summed E-state index contributed by atoms with van der Waals surface area (Å²) in [6, 6.07) is 11.9. The fourth-order valence-corrected chi connectivity index (χ4v) is 4.62. The molecule has 1 saturated heterocycles. The lowest BCUT2D eigenvalue weighted by molar-refractivity contribution is -0.136. The molecule has 1 aromatic heterocycles. The molecule has 4 rings (SSSR count). The van der Waals surface area contributed by atoms with Crippen LogP contribution in [0.25, 0.3) is 5.57 Å². The number of likely N-dealkylation sites (N-methyl/N-ethyl adjacent to an activating group) is 2. The highest BCUT2D eigenvalue weighted by molar-refractivity contribution is 7.11. The molecule has 1 aromatic carbocycles. The number of carbonyl (C=O) groups is 2. The number of carbonyl (C=O) groups excluding carboxylic acids is 2. The average molecular weight is 411 g/mol. The van der Waals surface area contributed by atoms with Crippen LogP contribution in [0.2, 0.25) is 0 Å². The fourth-order valence-electron chi connectivity index (χ4n) is 3.85. The van der Waals surface area contributed by atoms with Crippen molar-refractivity contribution in [2.45, 2.75) is 13.8 Å². The standard InChI is InChI=1S/C22H26N4O2S/c1-3-24-11-13-25(14-12-24)17-9-7-16(8-10-17)23-20-19(18-6-5-15-29-18)21(27)26(4-2)22(20)28/h5-10,15,23H,3-4,11-14H2,1-2H3. The molecule has 1 fully saturated rings.